The molecule has 0 radical (unpaired) electrons. The van der Waals surface area contributed by atoms with E-state index >= 15 is 0 Å². The predicted molar refractivity (Wildman–Crippen MR) is 127 cm³/mol. The summed E-state index contributed by atoms with van der Waals surface area (Å²) in [6, 6.07) is 18.6. The molecule has 7 heteroatoms. The molecule has 180 valence electrons. The van der Waals surface area contributed by atoms with E-state index in [0.29, 0.717) is 6.04 Å². The van der Waals surface area contributed by atoms with Crippen LogP contribution in [0.2, 0.25) is 0 Å². The SMILES string of the molecule is CC1CN(Cc2ccc(-c3ccc(C(C)(O)C(F)(F)F)cc3)cc2)CCN1Cc1ccncc1. The molecule has 2 aromatic carbocycles. The van der Waals surface area contributed by atoms with Crippen molar-refractivity contribution in [3.8, 4) is 11.1 Å². The second kappa shape index (κ2) is 9.86. The van der Waals surface area contributed by atoms with Gasteiger partial charge in [-0.25, -0.2) is 0 Å². The highest BCUT2D eigenvalue weighted by molar-refractivity contribution is 5.64. The molecule has 34 heavy (non-hydrogen) atoms. The summed E-state index contributed by atoms with van der Waals surface area (Å²) >= 11 is 0. The van der Waals surface area contributed by atoms with Crippen LogP contribution in [0, 0.1) is 0 Å². The van der Waals surface area contributed by atoms with Crippen molar-refractivity contribution >= 4 is 0 Å². The average Bonchev–Trinajstić information content (AvgIpc) is 2.81. The third kappa shape index (κ3) is 5.49. The summed E-state index contributed by atoms with van der Waals surface area (Å²) in [5.74, 6) is 0. The van der Waals surface area contributed by atoms with Crippen LogP contribution in [0.25, 0.3) is 11.1 Å². The van der Waals surface area contributed by atoms with Gasteiger partial charge in [-0.2, -0.15) is 13.2 Å². The van der Waals surface area contributed by atoms with Crippen molar-refractivity contribution in [3.05, 3.63) is 89.7 Å². The van der Waals surface area contributed by atoms with Gasteiger partial charge >= 0.3 is 6.18 Å². The van der Waals surface area contributed by atoms with E-state index in [-0.39, 0.29) is 5.56 Å². The van der Waals surface area contributed by atoms with Gasteiger partial charge in [0, 0.05) is 51.2 Å². The van der Waals surface area contributed by atoms with Crippen LogP contribution < -0.4 is 0 Å². The smallest absolute Gasteiger partial charge is 0.376 e. The lowest BCUT2D eigenvalue weighted by atomic mass is 9.93. The Morgan fingerprint density at radius 1 is 0.853 bits per heavy atom. The quantitative estimate of drug-likeness (QED) is 0.537. The monoisotopic (exact) mass is 469 g/mol. The number of alkyl halides is 3. The minimum Gasteiger partial charge on any atom is -0.376 e. The highest BCUT2D eigenvalue weighted by Crippen LogP contribution is 2.39. The summed E-state index contributed by atoms with van der Waals surface area (Å²) in [6.07, 6.45) is -1.06. The fourth-order valence-electron chi connectivity index (χ4n) is 4.38. The Balaban J connectivity index is 1.34. The largest absolute Gasteiger partial charge is 0.421 e. The number of rotatable bonds is 6. The van der Waals surface area contributed by atoms with Gasteiger partial charge in [-0.15, -0.1) is 0 Å². The van der Waals surface area contributed by atoms with Gasteiger partial charge in [0.15, 0.2) is 5.60 Å². The number of nitrogens with zero attached hydrogens (tertiary/aromatic N) is 3. The van der Waals surface area contributed by atoms with E-state index in [2.05, 4.69) is 46.0 Å². The molecule has 1 fully saturated rings. The molecule has 3 aromatic rings. The highest BCUT2D eigenvalue weighted by Gasteiger charge is 2.51. The minimum absolute atomic E-state index is 0.169. The first-order valence-corrected chi connectivity index (χ1v) is 11.5. The maximum Gasteiger partial charge on any atom is 0.421 e. The fraction of sp³-hybridized carbons (Fsp3) is 0.370. The van der Waals surface area contributed by atoms with Crippen molar-refractivity contribution in [2.45, 2.75) is 44.8 Å². The topological polar surface area (TPSA) is 39.6 Å². The molecule has 1 N–H and O–H groups in total. The van der Waals surface area contributed by atoms with Crippen LogP contribution in [-0.2, 0) is 18.7 Å². The van der Waals surface area contributed by atoms with Crippen molar-refractivity contribution in [1.29, 1.82) is 0 Å². The number of aromatic nitrogens is 1. The third-order valence-corrected chi connectivity index (χ3v) is 6.68. The Morgan fingerprint density at radius 2 is 1.41 bits per heavy atom. The molecule has 0 spiro atoms. The van der Waals surface area contributed by atoms with Crippen molar-refractivity contribution in [3.63, 3.8) is 0 Å². The summed E-state index contributed by atoms with van der Waals surface area (Å²) in [7, 11) is 0. The van der Waals surface area contributed by atoms with Crippen LogP contribution in [0.15, 0.2) is 73.1 Å². The van der Waals surface area contributed by atoms with Gasteiger partial charge in [0.1, 0.15) is 0 Å². The minimum atomic E-state index is -4.72. The summed E-state index contributed by atoms with van der Waals surface area (Å²) in [5.41, 5.74) is 1.19. The first kappa shape index (κ1) is 24.4. The van der Waals surface area contributed by atoms with Gasteiger partial charge < -0.3 is 5.11 Å². The second-order valence-corrected chi connectivity index (χ2v) is 9.25. The van der Waals surface area contributed by atoms with Crippen LogP contribution in [0.1, 0.15) is 30.5 Å². The van der Waals surface area contributed by atoms with Gasteiger partial charge in [0.2, 0.25) is 0 Å². The first-order valence-electron chi connectivity index (χ1n) is 11.5. The molecule has 1 aromatic heterocycles. The summed E-state index contributed by atoms with van der Waals surface area (Å²) in [5, 5.41) is 9.85. The van der Waals surface area contributed by atoms with Gasteiger partial charge in [-0.3, -0.25) is 14.8 Å². The maximum absolute atomic E-state index is 13.1. The lowest BCUT2D eigenvalue weighted by molar-refractivity contribution is -0.258. The molecule has 2 heterocycles. The molecule has 2 atom stereocenters. The van der Waals surface area contributed by atoms with E-state index < -0.39 is 11.8 Å². The van der Waals surface area contributed by atoms with Crippen LogP contribution >= 0.6 is 0 Å². The molecule has 0 amide bonds. The van der Waals surface area contributed by atoms with Crippen LogP contribution in [0.3, 0.4) is 0 Å². The number of hydrogen-bond donors (Lipinski definition) is 1. The Kier molecular flexibility index (Phi) is 7.07. The third-order valence-electron chi connectivity index (χ3n) is 6.68. The van der Waals surface area contributed by atoms with Crippen LogP contribution in [-0.4, -0.2) is 51.7 Å². The number of benzene rings is 2. The number of hydrogen-bond acceptors (Lipinski definition) is 4. The molecule has 2 unspecified atom stereocenters. The summed E-state index contributed by atoms with van der Waals surface area (Å²) in [6.45, 7) is 7.83. The number of aliphatic hydroxyl groups is 1. The van der Waals surface area contributed by atoms with Crippen molar-refractivity contribution in [2.75, 3.05) is 19.6 Å². The molecule has 1 aliphatic rings. The molecule has 0 bridgehead atoms. The lowest BCUT2D eigenvalue weighted by Crippen LogP contribution is -2.50. The molecule has 4 rings (SSSR count). The Bertz CT molecular complexity index is 1070. The Labute approximate surface area is 198 Å². The second-order valence-electron chi connectivity index (χ2n) is 9.25. The highest BCUT2D eigenvalue weighted by atomic mass is 19.4. The summed E-state index contributed by atoms with van der Waals surface area (Å²) in [4.78, 5) is 9.04. The number of halogens is 3. The van der Waals surface area contributed by atoms with Gasteiger partial charge in [0.05, 0.1) is 0 Å². The Morgan fingerprint density at radius 3 is 1.97 bits per heavy atom. The molecule has 0 aliphatic carbocycles. The van der Waals surface area contributed by atoms with Crippen LogP contribution in [0.5, 0.6) is 0 Å². The molecular formula is C27H30F3N3O. The average molecular weight is 470 g/mol. The first-order chi connectivity index (χ1) is 16.1. The van der Waals surface area contributed by atoms with E-state index in [9.17, 15) is 18.3 Å². The number of piperazine rings is 1. The zero-order valence-electron chi connectivity index (χ0n) is 19.5. The van der Waals surface area contributed by atoms with E-state index in [4.69, 9.17) is 0 Å². The van der Waals surface area contributed by atoms with E-state index in [0.717, 1.165) is 50.8 Å². The molecule has 4 nitrogen and oxygen atoms in total. The van der Waals surface area contributed by atoms with E-state index in [1.165, 1.54) is 23.3 Å². The normalized spacial score (nSPS) is 19.6. The van der Waals surface area contributed by atoms with Gasteiger partial charge in [0.25, 0.3) is 0 Å². The Hall–Kier alpha value is -2.74. The van der Waals surface area contributed by atoms with Gasteiger partial charge in [-0.1, -0.05) is 48.5 Å². The van der Waals surface area contributed by atoms with Crippen LogP contribution in [0.4, 0.5) is 13.2 Å². The van der Waals surface area contributed by atoms with Crippen molar-refractivity contribution in [1.82, 2.24) is 14.8 Å². The maximum atomic E-state index is 13.1. The zero-order valence-corrected chi connectivity index (χ0v) is 19.5. The fourth-order valence-corrected chi connectivity index (χ4v) is 4.38. The van der Waals surface area contributed by atoms with E-state index in [1.54, 1.807) is 12.1 Å². The zero-order chi connectivity index (χ0) is 24.3. The van der Waals surface area contributed by atoms with E-state index in [1.807, 2.05) is 24.5 Å². The lowest BCUT2D eigenvalue weighted by Gasteiger charge is -2.40. The number of pyridine rings is 1. The molecule has 0 saturated carbocycles. The van der Waals surface area contributed by atoms with Gasteiger partial charge in [-0.05, 0) is 53.8 Å². The standard InChI is InChI=1S/C27H30F3N3O/c1-20-17-32(15-16-33(20)19-22-11-13-31-14-12-22)18-21-3-5-23(6-4-21)24-7-9-25(10-8-24)26(2,34)27(28,29)30/h3-14,20,34H,15-19H2,1-2H3. The molecule has 1 saturated heterocycles. The predicted octanol–water partition coefficient (Wildman–Crippen LogP) is 5.22. The molecular weight excluding hydrogens is 439 g/mol. The van der Waals surface area contributed by atoms with Crippen molar-refractivity contribution in [2.24, 2.45) is 0 Å². The summed E-state index contributed by atoms with van der Waals surface area (Å²) < 4.78 is 39.2. The molecule has 1 aliphatic heterocycles. The van der Waals surface area contributed by atoms with Crippen molar-refractivity contribution < 1.29 is 18.3 Å².